The van der Waals surface area contributed by atoms with Crippen LogP contribution < -0.4 is 5.32 Å². The normalized spacial score (nSPS) is 14.0. The highest BCUT2D eigenvalue weighted by Gasteiger charge is 2.15. The third kappa shape index (κ3) is 4.85. The minimum absolute atomic E-state index is 0.129. The van der Waals surface area contributed by atoms with Crippen molar-refractivity contribution in [2.45, 2.75) is 56.9 Å². The van der Waals surface area contributed by atoms with E-state index >= 15 is 0 Å². The van der Waals surface area contributed by atoms with E-state index in [0.717, 1.165) is 36.4 Å². The molecule has 0 radical (unpaired) electrons. The van der Waals surface area contributed by atoms with Gasteiger partial charge >= 0.3 is 0 Å². The van der Waals surface area contributed by atoms with E-state index in [1.165, 1.54) is 30.2 Å². The lowest BCUT2D eigenvalue weighted by atomic mass is 9.96. The molecule has 2 aromatic rings. The van der Waals surface area contributed by atoms with Crippen molar-refractivity contribution in [1.82, 2.24) is 10.1 Å². The van der Waals surface area contributed by atoms with E-state index in [-0.39, 0.29) is 5.91 Å². The number of carbonyl (C=O) groups excluding carboxylic acids is 1. The number of carbonyl (C=O) groups is 1. The average molecular weight is 370 g/mol. The lowest BCUT2D eigenvalue weighted by molar-refractivity contribution is -0.115. The Morgan fingerprint density at radius 3 is 2.85 bits per heavy atom. The summed E-state index contributed by atoms with van der Waals surface area (Å²) >= 11 is 1.46. The lowest BCUT2D eigenvalue weighted by Gasteiger charge is -2.15. The quantitative estimate of drug-likeness (QED) is 0.799. The fourth-order valence-electron chi connectivity index (χ4n) is 3.03. The molecular formula is C19H22N4O2S. The second-order valence-corrected chi connectivity index (χ2v) is 7.53. The van der Waals surface area contributed by atoms with Crippen molar-refractivity contribution < 1.29 is 9.32 Å². The number of nitriles is 1. The molecule has 1 aliphatic rings. The van der Waals surface area contributed by atoms with Crippen LogP contribution in [-0.4, -0.2) is 21.8 Å². The summed E-state index contributed by atoms with van der Waals surface area (Å²) in [6.07, 6.45) is 7.09. The van der Waals surface area contributed by atoms with Crippen molar-refractivity contribution in [1.29, 1.82) is 5.26 Å². The average Bonchev–Trinajstić information content (AvgIpc) is 3.00. The number of anilines is 1. The van der Waals surface area contributed by atoms with Gasteiger partial charge in [0.15, 0.2) is 5.82 Å². The van der Waals surface area contributed by atoms with Crippen LogP contribution in [0.4, 0.5) is 5.82 Å². The molecule has 1 aliphatic carbocycles. The van der Waals surface area contributed by atoms with Crippen LogP contribution in [-0.2, 0) is 17.6 Å². The van der Waals surface area contributed by atoms with Crippen LogP contribution in [0, 0.1) is 18.3 Å². The van der Waals surface area contributed by atoms with E-state index in [1.54, 1.807) is 13.0 Å². The number of aryl methyl sites for hydroxylation is 3. The second kappa shape index (κ2) is 8.86. The summed E-state index contributed by atoms with van der Waals surface area (Å²) in [6.45, 7) is 1.77. The number of nitrogens with one attached hydrogen (secondary N) is 1. The number of fused-ring (bicyclic) bond motifs is 1. The number of aromatic nitrogens is 2. The van der Waals surface area contributed by atoms with Gasteiger partial charge in [-0.05, 0) is 44.2 Å². The first kappa shape index (κ1) is 18.5. The molecule has 6 nitrogen and oxygen atoms in total. The minimum Gasteiger partial charge on any atom is -0.360 e. The molecule has 0 atom stereocenters. The van der Waals surface area contributed by atoms with Crippen LogP contribution in [0.5, 0.6) is 0 Å². The standard InChI is InChI=1S/C19H22N4O2S/c1-13-10-17(23-25-13)22-18(24)8-9-26-19-15(12-20)11-14-6-4-2-3-5-7-16(14)21-19/h10-11H,2-9H2,1H3,(H,22,23,24). The summed E-state index contributed by atoms with van der Waals surface area (Å²) in [5.74, 6) is 1.51. The highest BCUT2D eigenvalue weighted by atomic mass is 32.2. The van der Waals surface area contributed by atoms with Crippen molar-refractivity contribution in [3.05, 3.63) is 34.7 Å². The number of amides is 1. The predicted molar refractivity (Wildman–Crippen MR) is 100 cm³/mol. The molecule has 26 heavy (non-hydrogen) atoms. The van der Waals surface area contributed by atoms with Crippen molar-refractivity contribution >= 4 is 23.5 Å². The van der Waals surface area contributed by atoms with Crippen molar-refractivity contribution in [3.8, 4) is 6.07 Å². The highest BCUT2D eigenvalue weighted by molar-refractivity contribution is 7.99. The maximum atomic E-state index is 12.0. The Hall–Kier alpha value is -2.33. The summed E-state index contributed by atoms with van der Waals surface area (Å²) in [4.78, 5) is 16.7. The Morgan fingerprint density at radius 2 is 2.12 bits per heavy atom. The topological polar surface area (TPSA) is 91.8 Å². The molecule has 136 valence electrons. The first-order chi connectivity index (χ1) is 12.7. The Balaban J connectivity index is 1.60. The maximum absolute atomic E-state index is 12.0. The number of pyridine rings is 1. The fourth-order valence-corrected chi connectivity index (χ4v) is 3.95. The van der Waals surface area contributed by atoms with Crippen molar-refractivity contribution in [2.75, 3.05) is 11.1 Å². The minimum atomic E-state index is -0.129. The zero-order chi connectivity index (χ0) is 18.4. The fraction of sp³-hybridized carbons (Fsp3) is 0.474. The SMILES string of the molecule is Cc1cc(NC(=O)CCSc2nc3c(cc2C#N)CCCCCC3)no1. The maximum Gasteiger partial charge on any atom is 0.226 e. The van der Waals surface area contributed by atoms with Crippen LogP contribution in [0.2, 0.25) is 0 Å². The molecule has 0 unspecified atom stereocenters. The van der Waals surface area contributed by atoms with E-state index in [9.17, 15) is 10.1 Å². The van der Waals surface area contributed by atoms with Gasteiger partial charge in [-0.1, -0.05) is 18.0 Å². The van der Waals surface area contributed by atoms with Crippen molar-refractivity contribution in [3.63, 3.8) is 0 Å². The van der Waals surface area contributed by atoms with E-state index in [1.807, 2.05) is 6.07 Å². The molecule has 0 saturated carbocycles. The lowest BCUT2D eigenvalue weighted by Crippen LogP contribution is -2.12. The number of hydrogen-bond acceptors (Lipinski definition) is 6. The van der Waals surface area contributed by atoms with Gasteiger partial charge in [-0.25, -0.2) is 4.98 Å². The molecule has 0 saturated heterocycles. The zero-order valence-electron chi connectivity index (χ0n) is 14.9. The van der Waals surface area contributed by atoms with Gasteiger partial charge in [-0.3, -0.25) is 4.79 Å². The van der Waals surface area contributed by atoms with E-state index < -0.39 is 0 Å². The molecule has 0 aliphatic heterocycles. The Labute approximate surface area is 157 Å². The summed E-state index contributed by atoms with van der Waals surface area (Å²) in [7, 11) is 0. The molecule has 0 aromatic carbocycles. The first-order valence-corrected chi connectivity index (χ1v) is 9.93. The molecule has 2 heterocycles. The van der Waals surface area contributed by atoms with Gasteiger partial charge in [0, 0.05) is 23.9 Å². The Morgan fingerprint density at radius 1 is 1.31 bits per heavy atom. The summed E-state index contributed by atoms with van der Waals surface area (Å²) in [5, 5.41) is 16.6. The van der Waals surface area contributed by atoms with Crippen LogP contribution in [0.1, 0.15) is 54.7 Å². The van der Waals surface area contributed by atoms with Crippen LogP contribution in [0.3, 0.4) is 0 Å². The van der Waals surface area contributed by atoms with E-state index in [2.05, 4.69) is 16.5 Å². The third-order valence-corrected chi connectivity index (χ3v) is 5.34. The summed E-state index contributed by atoms with van der Waals surface area (Å²) in [5.41, 5.74) is 2.94. The summed E-state index contributed by atoms with van der Waals surface area (Å²) in [6, 6.07) is 5.93. The molecule has 0 fully saturated rings. The third-order valence-electron chi connectivity index (χ3n) is 4.35. The first-order valence-electron chi connectivity index (χ1n) is 8.94. The monoisotopic (exact) mass is 370 g/mol. The second-order valence-electron chi connectivity index (χ2n) is 6.44. The number of nitrogens with zero attached hydrogens (tertiary/aromatic N) is 3. The Bertz CT molecular complexity index is 825. The van der Waals surface area contributed by atoms with Gasteiger partial charge in [-0.15, -0.1) is 11.8 Å². The molecular weight excluding hydrogens is 348 g/mol. The highest BCUT2D eigenvalue weighted by Crippen LogP contribution is 2.27. The molecule has 3 rings (SSSR count). The van der Waals surface area contributed by atoms with Crippen molar-refractivity contribution in [2.24, 2.45) is 0 Å². The molecule has 2 aromatic heterocycles. The molecule has 1 amide bonds. The molecule has 0 bridgehead atoms. The van der Waals surface area contributed by atoms with Crippen LogP contribution in [0.25, 0.3) is 0 Å². The van der Waals surface area contributed by atoms with Gasteiger partial charge in [0.25, 0.3) is 0 Å². The van der Waals surface area contributed by atoms with Crippen LogP contribution >= 0.6 is 11.8 Å². The largest absolute Gasteiger partial charge is 0.360 e. The molecule has 0 spiro atoms. The van der Waals surface area contributed by atoms with E-state index in [4.69, 9.17) is 9.51 Å². The van der Waals surface area contributed by atoms with Gasteiger partial charge in [-0.2, -0.15) is 5.26 Å². The predicted octanol–water partition coefficient (Wildman–Crippen LogP) is 4.03. The molecule has 1 N–H and O–H groups in total. The van der Waals surface area contributed by atoms with Gasteiger partial charge in [0.05, 0.1) is 5.56 Å². The Kier molecular flexibility index (Phi) is 6.29. The zero-order valence-corrected chi connectivity index (χ0v) is 15.7. The smallest absolute Gasteiger partial charge is 0.226 e. The number of hydrogen-bond donors (Lipinski definition) is 1. The molecule has 7 heteroatoms. The van der Waals surface area contributed by atoms with Gasteiger partial charge < -0.3 is 9.84 Å². The number of rotatable bonds is 5. The van der Waals surface area contributed by atoms with Crippen LogP contribution in [0.15, 0.2) is 21.7 Å². The van der Waals surface area contributed by atoms with E-state index in [0.29, 0.717) is 29.3 Å². The number of thioether (sulfide) groups is 1. The van der Waals surface area contributed by atoms with Gasteiger partial charge in [0.2, 0.25) is 5.91 Å². The summed E-state index contributed by atoms with van der Waals surface area (Å²) < 4.78 is 4.93. The van der Waals surface area contributed by atoms with Gasteiger partial charge in [0.1, 0.15) is 16.9 Å².